The van der Waals surface area contributed by atoms with Crippen LogP contribution in [-0.2, 0) is 4.74 Å². The number of rotatable bonds is 1. The molecule has 0 amide bonds. The van der Waals surface area contributed by atoms with E-state index in [1.807, 2.05) is 24.3 Å². The van der Waals surface area contributed by atoms with Crippen molar-refractivity contribution < 1.29 is 4.74 Å². The normalized spacial score (nSPS) is 20.9. The first-order chi connectivity index (χ1) is 5.86. The fraction of sp³-hybridized carbons (Fsp3) is 0.222. The molecular weight excluding hydrogens is 174 g/mol. The summed E-state index contributed by atoms with van der Waals surface area (Å²) >= 11 is 5.75. The van der Waals surface area contributed by atoms with E-state index >= 15 is 0 Å². The van der Waals surface area contributed by atoms with Crippen LogP contribution in [0.2, 0.25) is 5.02 Å². The first-order valence-corrected chi connectivity index (χ1v) is 4.13. The maximum Gasteiger partial charge on any atom is 0.170 e. The molecule has 3 heteroatoms. The van der Waals surface area contributed by atoms with E-state index in [4.69, 9.17) is 16.3 Å². The van der Waals surface area contributed by atoms with Crippen molar-refractivity contribution in [3.05, 3.63) is 34.9 Å². The van der Waals surface area contributed by atoms with Crippen LogP contribution in [0.5, 0.6) is 0 Å². The number of ether oxygens (including phenoxy) is 1. The Morgan fingerprint density at radius 3 is 2.67 bits per heavy atom. The van der Waals surface area contributed by atoms with E-state index in [1.165, 1.54) is 6.40 Å². The highest BCUT2D eigenvalue weighted by Gasteiger charge is 2.13. The van der Waals surface area contributed by atoms with Gasteiger partial charge in [-0.3, -0.25) is 0 Å². The molecule has 1 unspecified atom stereocenters. The first-order valence-electron chi connectivity index (χ1n) is 3.75. The minimum Gasteiger partial charge on any atom is -0.481 e. The number of aliphatic imine (C=N–C) groups is 1. The highest BCUT2D eigenvalue weighted by atomic mass is 35.5. The number of benzene rings is 1. The van der Waals surface area contributed by atoms with Gasteiger partial charge in [0.25, 0.3) is 0 Å². The SMILES string of the molecule is Clc1ccc(C2COC=N2)cc1. The van der Waals surface area contributed by atoms with Crippen LogP contribution in [0.15, 0.2) is 29.3 Å². The van der Waals surface area contributed by atoms with Crippen LogP contribution in [0, 0.1) is 0 Å². The van der Waals surface area contributed by atoms with Gasteiger partial charge in [0.2, 0.25) is 0 Å². The lowest BCUT2D eigenvalue weighted by Crippen LogP contribution is -1.96. The molecule has 0 bridgehead atoms. The third kappa shape index (κ3) is 1.43. The lowest BCUT2D eigenvalue weighted by Gasteiger charge is -2.04. The lowest BCUT2D eigenvalue weighted by atomic mass is 10.1. The van der Waals surface area contributed by atoms with Gasteiger partial charge in [0.05, 0.1) is 0 Å². The van der Waals surface area contributed by atoms with Crippen LogP contribution in [0.3, 0.4) is 0 Å². The maximum atomic E-state index is 5.75. The standard InChI is InChI=1S/C9H8ClNO/c10-8-3-1-7(2-4-8)9-5-12-6-11-9/h1-4,6,9H,5H2. The summed E-state index contributed by atoms with van der Waals surface area (Å²) in [5, 5.41) is 0.752. The van der Waals surface area contributed by atoms with Crippen molar-refractivity contribution in [3.8, 4) is 0 Å². The molecule has 1 atom stereocenters. The fourth-order valence-electron chi connectivity index (χ4n) is 1.16. The molecule has 62 valence electrons. The molecule has 0 fully saturated rings. The third-order valence-corrected chi connectivity index (χ3v) is 2.08. The van der Waals surface area contributed by atoms with Crippen molar-refractivity contribution in [1.82, 2.24) is 0 Å². The zero-order valence-corrected chi connectivity index (χ0v) is 7.16. The van der Waals surface area contributed by atoms with Crippen LogP contribution in [-0.4, -0.2) is 13.0 Å². The Kier molecular flexibility index (Phi) is 2.00. The fourth-order valence-corrected chi connectivity index (χ4v) is 1.29. The molecule has 0 aromatic heterocycles. The topological polar surface area (TPSA) is 21.6 Å². The summed E-state index contributed by atoms with van der Waals surface area (Å²) in [5.74, 6) is 0. The Bertz CT molecular complexity index is 294. The number of nitrogens with zero attached hydrogens (tertiary/aromatic N) is 1. The molecule has 2 rings (SSSR count). The predicted octanol–water partition coefficient (Wildman–Crippen LogP) is 2.44. The summed E-state index contributed by atoms with van der Waals surface area (Å²) in [4.78, 5) is 4.15. The number of halogens is 1. The molecule has 0 saturated carbocycles. The summed E-state index contributed by atoms with van der Waals surface area (Å²) in [6, 6.07) is 7.83. The van der Waals surface area contributed by atoms with Crippen LogP contribution >= 0.6 is 11.6 Å². The molecule has 1 aliphatic heterocycles. The van der Waals surface area contributed by atoms with Crippen molar-refractivity contribution in [2.24, 2.45) is 4.99 Å². The van der Waals surface area contributed by atoms with Crippen molar-refractivity contribution in [2.75, 3.05) is 6.61 Å². The minimum atomic E-state index is 0.155. The average molecular weight is 182 g/mol. The van der Waals surface area contributed by atoms with Crippen molar-refractivity contribution >= 4 is 18.0 Å². The van der Waals surface area contributed by atoms with Crippen molar-refractivity contribution in [2.45, 2.75) is 6.04 Å². The van der Waals surface area contributed by atoms with E-state index in [9.17, 15) is 0 Å². The average Bonchev–Trinajstić information content (AvgIpc) is 2.58. The quantitative estimate of drug-likeness (QED) is 0.652. The molecule has 0 aliphatic carbocycles. The number of hydrogen-bond acceptors (Lipinski definition) is 2. The van der Waals surface area contributed by atoms with Gasteiger partial charge in [-0.15, -0.1) is 0 Å². The van der Waals surface area contributed by atoms with Gasteiger partial charge in [-0.2, -0.15) is 0 Å². The molecule has 1 heterocycles. The van der Waals surface area contributed by atoms with Gasteiger partial charge in [0, 0.05) is 5.02 Å². The third-order valence-electron chi connectivity index (χ3n) is 1.82. The van der Waals surface area contributed by atoms with E-state index in [2.05, 4.69) is 4.99 Å². The molecule has 0 spiro atoms. The summed E-state index contributed by atoms with van der Waals surface area (Å²) in [6.45, 7) is 0.641. The second-order valence-electron chi connectivity index (χ2n) is 2.66. The van der Waals surface area contributed by atoms with Gasteiger partial charge in [0.15, 0.2) is 6.40 Å². The Hall–Kier alpha value is -1.02. The highest BCUT2D eigenvalue weighted by molar-refractivity contribution is 6.30. The van der Waals surface area contributed by atoms with E-state index in [0.29, 0.717) is 6.61 Å². The minimum absolute atomic E-state index is 0.155. The largest absolute Gasteiger partial charge is 0.481 e. The maximum absolute atomic E-state index is 5.75. The Morgan fingerprint density at radius 1 is 1.33 bits per heavy atom. The second kappa shape index (κ2) is 3.15. The van der Waals surface area contributed by atoms with Gasteiger partial charge < -0.3 is 4.74 Å². The summed E-state index contributed by atoms with van der Waals surface area (Å²) in [6.07, 6.45) is 1.50. The van der Waals surface area contributed by atoms with Gasteiger partial charge in [-0.25, -0.2) is 4.99 Å². The van der Waals surface area contributed by atoms with Gasteiger partial charge in [-0.1, -0.05) is 23.7 Å². The summed E-state index contributed by atoms with van der Waals surface area (Å²) in [7, 11) is 0. The molecule has 0 radical (unpaired) electrons. The monoisotopic (exact) mass is 181 g/mol. The molecular formula is C9H8ClNO. The smallest absolute Gasteiger partial charge is 0.170 e. The highest BCUT2D eigenvalue weighted by Crippen LogP contribution is 2.21. The Labute approximate surface area is 75.8 Å². The van der Waals surface area contributed by atoms with Crippen LogP contribution in [0.4, 0.5) is 0 Å². The lowest BCUT2D eigenvalue weighted by molar-refractivity contribution is 0.330. The van der Waals surface area contributed by atoms with Crippen LogP contribution in [0.1, 0.15) is 11.6 Å². The molecule has 1 aliphatic rings. The molecule has 0 saturated heterocycles. The first kappa shape index (κ1) is 7.62. The van der Waals surface area contributed by atoms with Crippen molar-refractivity contribution in [1.29, 1.82) is 0 Å². The van der Waals surface area contributed by atoms with Gasteiger partial charge in [-0.05, 0) is 17.7 Å². The molecule has 0 N–H and O–H groups in total. The van der Waals surface area contributed by atoms with Crippen molar-refractivity contribution in [3.63, 3.8) is 0 Å². The zero-order chi connectivity index (χ0) is 8.39. The Morgan fingerprint density at radius 2 is 2.08 bits per heavy atom. The van der Waals surface area contributed by atoms with Gasteiger partial charge >= 0.3 is 0 Å². The zero-order valence-electron chi connectivity index (χ0n) is 6.40. The second-order valence-corrected chi connectivity index (χ2v) is 3.09. The van der Waals surface area contributed by atoms with E-state index < -0.39 is 0 Å². The summed E-state index contributed by atoms with van der Waals surface area (Å²) in [5.41, 5.74) is 1.15. The Balaban J connectivity index is 2.23. The molecule has 1 aromatic carbocycles. The molecule has 12 heavy (non-hydrogen) atoms. The number of hydrogen-bond donors (Lipinski definition) is 0. The van der Waals surface area contributed by atoms with E-state index in [-0.39, 0.29) is 6.04 Å². The summed E-state index contributed by atoms with van der Waals surface area (Å²) < 4.78 is 5.02. The van der Waals surface area contributed by atoms with E-state index in [0.717, 1.165) is 10.6 Å². The van der Waals surface area contributed by atoms with Gasteiger partial charge in [0.1, 0.15) is 12.6 Å². The van der Waals surface area contributed by atoms with Crippen LogP contribution in [0.25, 0.3) is 0 Å². The van der Waals surface area contributed by atoms with E-state index in [1.54, 1.807) is 0 Å². The predicted molar refractivity (Wildman–Crippen MR) is 48.6 cm³/mol. The van der Waals surface area contributed by atoms with Crippen LogP contribution < -0.4 is 0 Å². The molecule has 2 nitrogen and oxygen atoms in total. The molecule has 1 aromatic rings.